The van der Waals surface area contributed by atoms with Crippen LogP contribution in [0.25, 0.3) is 4.91 Å². The van der Waals surface area contributed by atoms with Crippen molar-refractivity contribution >= 4 is 22.6 Å². The SMILES string of the molecule is COC1(c2ccccc2)CCN(C(=O)C2C=C(c3cn[nH]c3)SC2)CC1. The fourth-order valence-electron chi connectivity index (χ4n) is 3.84. The highest BCUT2D eigenvalue weighted by Gasteiger charge is 2.39. The van der Waals surface area contributed by atoms with Gasteiger partial charge < -0.3 is 9.64 Å². The molecule has 4 rings (SSSR count). The summed E-state index contributed by atoms with van der Waals surface area (Å²) < 4.78 is 5.92. The van der Waals surface area contributed by atoms with Crippen molar-refractivity contribution in [3.8, 4) is 0 Å². The lowest BCUT2D eigenvalue weighted by atomic mass is 9.84. The number of thioether (sulfide) groups is 1. The van der Waals surface area contributed by atoms with E-state index in [0.717, 1.165) is 42.2 Å². The number of rotatable bonds is 4. The van der Waals surface area contributed by atoms with Crippen LogP contribution in [0, 0.1) is 5.92 Å². The molecule has 0 bridgehead atoms. The number of amides is 1. The number of H-pyrrole nitrogens is 1. The van der Waals surface area contributed by atoms with Gasteiger partial charge in [0.1, 0.15) is 0 Å². The Bertz CT molecular complexity index is 781. The molecule has 1 atom stereocenters. The Balaban J connectivity index is 1.43. The molecule has 2 aliphatic heterocycles. The van der Waals surface area contributed by atoms with E-state index in [1.54, 1.807) is 25.1 Å². The van der Waals surface area contributed by atoms with Crippen molar-refractivity contribution < 1.29 is 9.53 Å². The van der Waals surface area contributed by atoms with Crippen molar-refractivity contribution in [2.75, 3.05) is 26.0 Å². The second kappa shape index (κ2) is 7.29. The molecule has 0 saturated carbocycles. The fraction of sp³-hybridized carbons (Fsp3) is 0.400. The van der Waals surface area contributed by atoms with Gasteiger partial charge in [-0.3, -0.25) is 9.89 Å². The van der Waals surface area contributed by atoms with Crippen molar-refractivity contribution in [2.45, 2.75) is 18.4 Å². The Morgan fingerprint density at radius 2 is 2.08 bits per heavy atom. The van der Waals surface area contributed by atoms with Gasteiger partial charge in [-0.15, -0.1) is 11.8 Å². The second-order valence-corrected chi connectivity index (χ2v) is 7.89. The summed E-state index contributed by atoms with van der Waals surface area (Å²) >= 11 is 1.73. The molecule has 0 aliphatic carbocycles. The van der Waals surface area contributed by atoms with E-state index in [1.165, 1.54) is 5.56 Å². The van der Waals surface area contributed by atoms with E-state index in [-0.39, 0.29) is 17.4 Å². The molecular formula is C20H23N3O2S. The molecule has 1 amide bonds. The number of aromatic amines is 1. The number of carbonyl (C=O) groups is 1. The molecule has 1 N–H and O–H groups in total. The van der Waals surface area contributed by atoms with Gasteiger partial charge in [-0.25, -0.2) is 0 Å². The van der Waals surface area contributed by atoms with Crippen LogP contribution in [0.3, 0.4) is 0 Å². The van der Waals surface area contributed by atoms with Gasteiger partial charge in [0, 0.05) is 42.6 Å². The second-order valence-electron chi connectivity index (χ2n) is 6.83. The van der Waals surface area contributed by atoms with Crippen molar-refractivity contribution in [1.82, 2.24) is 15.1 Å². The van der Waals surface area contributed by atoms with Crippen molar-refractivity contribution in [2.24, 2.45) is 5.92 Å². The molecular weight excluding hydrogens is 346 g/mol. The first kappa shape index (κ1) is 17.4. The van der Waals surface area contributed by atoms with Crippen LogP contribution in [0.15, 0.2) is 48.8 Å². The van der Waals surface area contributed by atoms with Gasteiger partial charge in [-0.1, -0.05) is 36.4 Å². The van der Waals surface area contributed by atoms with Gasteiger partial charge in [0.05, 0.1) is 17.7 Å². The molecule has 2 aliphatic rings. The molecule has 3 heterocycles. The van der Waals surface area contributed by atoms with Crippen LogP contribution in [0.4, 0.5) is 0 Å². The highest BCUT2D eigenvalue weighted by molar-refractivity contribution is 8.08. The number of aromatic nitrogens is 2. The quantitative estimate of drug-likeness (QED) is 0.899. The van der Waals surface area contributed by atoms with Crippen LogP contribution < -0.4 is 0 Å². The standard InChI is InChI=1S/C20H23N3O2S/c1-25-20(17-5-3-2-4-6-17)7-9-23(10-8-20)19(24)15-11-18(26-14-15)16-12-21-22-13-16/h2-6,11-13,15H,7-10,14H2,1H3,(H,21,22). The Morgan fingerprint density at radius 3 is 2.73 bits per heavy atom. The van der Waals surface area contributed by atoms with E-state index in [2.05, 4.69) is 28.4 Å². The maximum absolute atomic E-state index is 13.0. The molecule has 136 valence electrons. The van der Waals surface area contributed by atoms with Gasteiger partial charge in [0.25, 0.3) is 0 Å². The van der Waals surface area contributed by atoms with Crippen LogP contribution in [-0.4, -0.2) is 47.0 Å². The minimum Gasteiger partial charge on any atom is -0.373 e. The zero-order valence-electron chi connectivity index (χ0n) is 14.9. The molecule has 1 aromatic heterocycles. The third-order valence-corrected chi connectivity index (χ3v) is 6.65. The van der Waals surface area contributed by atoms with Crippen LogP contribution in [-0.2, 0) is 15.1 Å². The monoisotopic (exact) mass is 369 g/mol. The number of carbonyl (C=O) groups excluding carboxylic acids is 1. The van der Waals surface area contributed by atoms with Gasteiger partial charge in [0.2, 0.25) is 5.91 Å². The average molecular weight is 369 g/mol. The van der Waals surface area contributed by atoms with E-state index < -0.39 is 0 Å². The molecule has 0 radical (unpaired) electrons. The molecule has 2 aromatic rings. The molecule has 0 spiro atoms. The van der Waals surface area contributed by atoms with E-state index in [1.807, 2.05) is 29.3 Å². The third kappa shape index (κ3) is 3.19. The summed E-state index contributed by atoms with van der Waals surface area (Å²) in [5.74, 6) is 0.995. The van der Waals surface area contributed by atoms with Crippen molar-refractivity contribution in [3.63, 3.8) is 0 Å². The van der Waals surface area contributed by atoms with Gasteiger partial charge >= 0.3 is 0 Å². The lowest BCUT2D eigenvalue weighted by molar-refractivity contribution is -0.139. The van der Waals surface area contributed by atoms with Gasteiger partial charge in [-0.2, -0.15) is 5.10 Å². The summed E-state index contributed by atoms with van der Waals surface area (Å²) in [6, 6.07) is 10.4. The summed E-state index contributed by atoms with van der Waals surface area (Å²) in [6.45, 7) is 1.47. The number of methoxy groups -OCH3 is 1. The van der Waals surface area contributed by atoms with Crippen LogP contribution in [0.1, 0.15) is 24.0 Å². The third-order valence-electron chi connectivity index (χ3n) is 5.44. The molecule has 5 nitrogen and oxygen atoms in total. The molecule has 1 fully saturated rings. The topological polar surface area (TPSA) is 58.2 Å². The minimum atomic E-state index is -0.278. The highest BCUT2D eigenvalue weighted by Crippen LogP contribution is 2.39. The number of hydrogen-bond acceptors (Lipinski definition) is 4. The highest BCUT2D eigenvalue weighted by atomic mass is 32.2. The molecule has 1 saturated heterocycles. The number of nitrogens with one attached hydrogen (secondary N) is 1. The average Bonchev–Trinajstić information content (AvgIpc) is 3.40. The predicted molar refractivity (Wildman–Crippen MR) is 103 cm³/mol. The van der Waals surface area contributed by atoms with Crippen LogP contribution in [0.2, 0.25) is 0 Å². The number of piperidine rings is 1. The fourth-order valence-corrected chi connectivity index (χ4v) is 4.98. The van der Waals surface area contributed by atoms with E-state index in [4.69, 9.17) is 4.74 Å². The van der Waals surface area contributed by atoms with Crippen LogP contribution in [0.5, 0.6) is 0 Å². The number of ether oxygens (including phenoxy) is 1. The smallest absolute Gasteiger partial charge is 0.230 e. The summed E-state index contributed by atoms with van der Waals surface area (Å²) in [7, 11) is 1.78. The minimum absolute atomic E-state index is 0.0447. The zero-order chi connectivity index (χ0) is 18.0. The van der Waals surface area contributed by atoms with Gasteiger partial charge in [0.15, 0.2) is 0 Å². The molecule has 6 heteroatoms. The lowest BCUT2D eigenvalue weighted by Crippen LogP contribution is -2.47. The predicted octanol–water partition coefficient (Wildman–Crippen LogP) is 3.28. The summed E-state index contributed by atoms with van der Waals surface area (Å²) in [6.07, 6.45) is 7.43. The largest absolute Gasteiger partial charge is 0.373 e. The Kier molecular flexibility index (Phi) is 4.87. The first-order valence-electron chi connectivity index (χ1n) is 8.95. The van der Waals surface area contributed by atoms with E-state index in [0.29, 0.717) is 0 Å². The van der Waals surface area contributed by atoms with E-state index >= 15 is 0 Å². The zero-order valence-corrected chi connectivity index (χ0v) is 15.7. The lowest BCUT2D eigenvalue weighted by Gasteiger charge is -2.41. The summed E-state index contributed by atoms with van der Waals surface area (Å²) in [5.41, 5.74) is 1.99. The summed E-state index contributed by atoms with van der Waals surface area (Å²) in [5, 5.41) is 6.82. The van der Waals surface area contributed by atoms with Crippen molar-refractivity contribution in [3.05, 3.63) is 59.9 Å². The maximum atomic E-state index is 13.0. The Hall–Kier alpha value is -2.05. The van der Waals surface area contributed by atoms with Crippen LogP contribution >= 0.6 is 11.8 Å². The van der Waals surface area contributed by atoms with E-state index in [9.17, 15) is 4.79 Å². The molecule has 1 aromatic carbocycles. The Morgan fingerprint density at radius 1 is 1.31 bits per heavy atom. The maximum Gasteiger partial charge on any atom is 0.230 e. The molecule has 1 unspecified atom stereocenters. The van der Waals surface area contributed by atoms with Crippen molar-refractivity contribution in [1.29, 1.82) is 0 Å². The number of nitrogens with zero attached hydrogens (tertiary/aromatic N) is 2. The summed E-state index contributed by atoms with van der Waals surface area (Å²) in [4.78, 5) is 16.1. The van der Waals surface area contributed by atoms with Gasteiger partial charge in [-0.05, 0) is 18.4 Å². The first-order valence-corrected chi connectivity index (χ1v) is 9.94. The Labute approximate surface area is 157 Å². The number of likely N-dealkylation sites (tertiary alicyclic amines) is 1. The first-order chi connectivity index (χ1) is 12.7. The molecule has 26 heavy (non-hydrogen) atoms. The normalized spacial score (nSPS) is 22.3. The number of hydrogen-bond donors (Lipinski definition) is 1. The number of benzene rings is 1.